The Morgan fingerprint density at radius 2 is 1.39 bits per heavy atom. The van der Waals surface area contributed by atoms with Crippen LogP contribution in [0.25, 0.3) is 0 Å². The summed E-state index contributed by atoms with van der Waals surface area (Å²) >= 11 is 0. The van der Waals surface area contributed by atoms with Crippen molar-refractivity contribution in [1.29, 1.82) is 0 Å². The van der Waals surface area contributed by atoms with Gasteiger partial charge in [0.2, 0.25) is 0 Å². The summed E-state index contributed by atoms with van der Waals surface area (Å²) in [5, 5.41) is 5.54. The molecule has 0 aliphatic carbocycles. The van der Waals surface area contributed by atoms with Crippen molar-refractivity contribution in [2.24, 2.45) is 0 Å². The summed E-state index contributed by atoms with van der Waals surface area (Å²) < 4.78 is 13.6. The van der Waals surface area contributed by atoms with Gasteiger partial charge in [0.1, 0.15) is 5.82 Å². The Hall–Kier alpha value is -3.47. The maximum absolute atomic E-state index is 13.6. The fourth-order valence-corrected chi connectivity index (χ4v) is 2.80. The van der Waals surface area contributed by atoms with Crippen LogP contribution in [0.2, 0.25) is 0 Å². The standard InChI is InChI=1S/C23H21FN2O2/c1-16-5-4-6-17(13-16)14-25-22(27)18-9-11-19(12-10-18)23(28)26-15-20-7-2-3-8-21(20)24/h2-13H,14-15H2,1H3,(H,25,27)(H,26,28). The number of hydrogen-bond donors (Lipinski definition) is 2. The van der Waals surface area contributed by atoms with Gasteiger partial charge in [-0.05, 0) is 42.8 Å². The van der Waals surface area contributed by atoms with Crippen molar-refractivity contribution >= 4 is 11.8 Å². The predicted octanol–water partition coefficient (Wildman–Crippen LogP) is 3.99. The summed E-state index contributed by atoms with van der Waals surface area (Å²) in [4.78, 5) is 24.5. The Labute approximate surface area is 163 Å². The third-order valence-electron chi connectivity index (χ3n) is 4.34. The highest BCUT2D eigenvalue weighted by Gasteiger charge is 2.10. The molecule has 2 amide bonds. The Bertz CT molecular complexity index is 984. The number of amides is 2. The lowest BCUT2D eigenvalue weighted by atomic mass is 10.1. The minimum absolute atomic E-state index is 0.101. The quantitative estimate of drug-likeness (QED) is 0.683. The van der Waals surface area contributed by atoms with Crippen LogP contribution in [-0.2, 0) is 13.1 Å². The Morgan fingerprint density at radius 1 is 0.786 bits per heavy atom. The molecule has 0 spiro atoms. The largest absolute Gasteiger partial charge is 0.348 e. The Morgan fingerprint density at radius 3 is 2.00 bits per heavy atom. The first-order valence-corrected chi connectivity index (χ1v) is 8.98. The zero-order chi connectivity index (χ0) is 19.9. The first-order valence-electron chi connectivity index (χ1n) is 8.98. The number of carbonyl (C=O) groups is 2. The van der Waals surface area contributed by atoms with Crippen molar-refractivity contribution in [2.75, 3.05) is 0 Å². The molecule has 28 heavy (non-hydrogen) atoms. The lowest BCUT2D eigenvalue weighted by Crippen LogP contribution is -2.24. The predicted molar refractivity (Wildman–Crippen MR) is 106 cm³/mol. The molecule has 0 heterocycles. The maximum atomic E-state index is 13.6. The van der Waals surface area contributed by atoms with Gasteiger partial charge in [-0.15, -0.1) is 0 Å². The Kier molecular flexibility index (Phi) is 6.17. The number of aryl methyl sites for hydroxylation is 1. The molecule has 0 aliphatic rings. The molecule has 0 aliphatic heterocycles. The molecule has 0 atom stereocenters. The topological polar surface area (TPSA) is 58.2 Å². The first-order chi connectivity index (χ1) is 13.5. The highest BCUT2D eigenvalue weighted by molar-refractivity contribution is 5.97. The molecule has 0 radical (unpaired) electrons. The molecule has 0 fully saturated rings. The van der Waals surface area contributed by atoms with Crippen molar-refractivity contribution < 1.29 is 14.0 Å². The maximum Gasteiger partial charge on any atom is 0.251 e. The number of rotatable bonds is 6. The molecular weight excluding hydrogens is 355 g/mol. The van der Waals surface area contributed by atoms with Gasteiger partial charge in [0, 0.05) is 29.8 Å². The third kappa shape index (κ3) is 5.04. The van der Waals surface area contributed by atoms with Crippen molar-refractivity contribution in [3.8, 4) is 0 Å². The number of hydrogen-bond acceptors (Lipinski definition) is 2. The molecule has 0 unspecified atom stereocenters. The van der Waals surface area contributed by atoms with Gasteiger partial charge in [0.05, 0.1) is 0 Å². The summed E-state index contributed by atoms with van der Waals surface area (Å²) in [6.07, 6.45) is 0. The van der Waals surface area contributed by atoms with Crippen LogP contribution in [0.15, 0.2) is 72.8 Å². The van der Waals surface area contributed by atoms with E-state index < -0.39 is 0 Å². The van der Waals surface area contributed by atoms with Crippen LogP contribution < -0.4 is 10.6 Å². The van der Waals surface area contributed by atoms with E-state index >= 15 is 0 Å². The van der Waals surface area contributed by atoms with Gasteiger partial charge >= 0.3 is 0 Å². The van der Waals surface area contributed by atoms with E-state index in [1.165, 1.54) is 6.07 Å². The van der Waals surface area contributed by atoms with Crippen LogP contribution in [0.5, 0.6) is 0 Å². The van der Waals surface area contributed by atoms with E-state index in [-0.39, 0.29) is 24.2 Å². The monoisotopic (exact) mass is 376 g/mol. The van der Waals surface area contributed by atoms with E-state index in [1.807, 2.05) is 31.2 Å². The van der Waals surface area contributed by atoms with E-state index in [9.17, 15) is 14.0 Å². The first kappa shape index (κ1) is 19.3. The van der Waals surface area contributed by atoms with Gasteiger partial charge in [-0.25, -0.2) is 4.39 Å². The molecule has 4 nitrogen and oxygen atoms in total. The molecule has 2 N–H and O–H groups in total. The second-order valence-electron chi connectivity index (χ2n) is 6.52. The van der Waals surface area contributed by atoms with Gasteiger partial charge in [-0.2, -0.15) is 0 Å². The van der Waals surface area contributed by atoms with Gasteiger partial charge in [-0.1, -0.05) is 48.0 Å². The zero-order valence-electron chi connectivity index (χ0n) is 15.5. The summed E-state index contributed by atoms with van der Waals surface area (Å²) in [5.41, 5.74) is 3.46. The van der Waals surface area contributed by atoms with Crippen molar-refractivity contribution in [2.45, 2.75) is 20.0 Å². The second-order valence-corrected chi connectivity index (χ2v) is 6.52. The van der Waals surface area contributed by atoms with Crippen LogP contribution in [0.1, 0.15) is 37.4 Å². The van der Waals surface area contributed by atoms with Crippen LogP contribution in [0, 0.1) is 12.7 Å². The summed E-state index contributed by atoms with van der Waals surface area (Å²) in [6.45, 7) is 2.54. The highest BCUT2D eigenvalue weighted by Crippen LogP contribution is 2.09. The van der Waals surface area contributed by atoms with E-state index in [2.05, 4.69) is 10.6 Å². The number of benzene rings is 3. The molecule has 142 valence electrons. The van der Waals surface area contributed by atoms with Crippen LogP contribution in [0.4, 0.5) is 4.39 Å². The zero-order valence-corrected chi connectivity index (χ0v) is 15.5. The summed E-state index contributed by atoms with van der Waals surface area (Å²) in [7, 11) is 0. The highest BCUT2D eigenvalue weighted by atomic mass is 19.1. The average molecular weight is 376 g/mol. The molecule has 0 aromatic heterocycles. The molecule has 0 saturated heterocycles. The number of nitrogens with one attached hydrogen (secondary N) is 2. The van der Waals surface area contributed by atoms with E-state index in [4.69, 9.17) is 0 Å². The van der Waals surface area contributed by atoms with Crippen molar-refractivity contribution in [1.82, 2.24) is 10.6 Å². The van der Waals surface area contributed by atoms with E-state index in [0.29, 0.717) is 23.2 Å². The summed E-state index contributed by atoms with van der Waals surface area (Å²) in [6, 6.07) is 20.6. The summed E-state index contributed by atoms with van der Waals surface area (Å²) in [5.74, 6) is -0.891. The average Bonchev–Trinajstić information content (AvgIpc) is 2.71. The molecule has 0 bridgehead atoms. The van der Waals surface area contributed by atoms with Gasteiger partial charge in [0.25, 0.3) is 11.8 Å². The van der Waals surface area contributed by atoms with Crippen LogP contribution in [-0.4, -0.2) is 11.8 Å². The second kappa shape index (κ2) is 8.95. The normalized spacial score (nSPS) is 10.4. The molecule has 5 heteroatoms. The number of halogens is 1. The number of carbonyl (C=O) groups excluding carboxylic acids is 2. The molecule has 3 aromatic carbocycles. The smallest absolute Gasteiger partial charge is 0.251 e. The van der Waals surface area contributed by atoms with Crippen LogP contribution in [0.3, 0.4) is 0 Å². The fourth-order valence-electron chi connectivity index (χ4n) is 2.80. The van der Waals surface area contributed by atoms with Crippen molar-refractivity contribution in [3.63, 3.8) is 0 Å². The molecular formula is C23H21FN2O2. The molecule has 3 rings (SSSR count). The molecule has 3 aromatic rings. The minimum Gasteiger partial charge on any atom is -0.348 e. The van der Waals surface area contributed by atoms with E-state index in [1.54, 1.807) is 42.5 Å². The van der Waals surface area contributed by atoms with Crippen molar-refractivity contribution in [3.05, 3.63) is 106 Å². The van der Waals surface area contributed by atoms with Gasteiger partial charge in [-0.3, -0.25) is 9.59 Å². The van der Waals surface area contributed by atoms with Crippen LogP contribution >= 0.6 is 0 Å². The lowest BCUT2D eigenvalue weighted by Gasteiger charge is -2.08. The lowest BCUT2D eigenvalue weighted by molar-refractivity contribution is 0.0939. The van der Waals surface area contributed by atoms with Gasteiger partial charge < -0.3 is 10.6 Å². The third-order valence-corrected chi connectivity index (χ3v) is 4.34. The molecule has 0 saturated carbocycles. The van der Waals surface area contributed by atoms with Gasteiger partial charge in [0.15, 0.2) is 0 Å². The SMILES string of the molecule is Cc1cccc(CNC(=O)c2ccc(C(=O)NCc3ccccc3F)cc2)c1. The Balaban J connectivity index is 1.55. The minimum atomic E-state index is -0.358. The van der Waals surface area contributed by atoms with E-state index in [0.717, 1.165) is 11.1 Å². The fraction of sp³-hybridized carbons (Fsp3) is 0.130.